The van der Waals surface area contributed by atoms with E-state index in [4.69, 9.17) is 0 Å². The van der Waals surface area contributed by atoms with Crippen LogP contribution in [0.15, 0.2) is 12.4 Å². The number of aryl methyl sites for hydroxylation is 1. The van der Waals surface area contributed by atoms with E-state index < -0.39 is 0 Å². The van der Waals surface area contributed by atoms with Crippen LogP contribution in [0.2, 0.25) is 0 Å². The van der Waals surface area contributed by atoms with Crippen LogP contribution in [0, 0.1) is 0 Å². The molecule has 1 aliphatic carbocycles. The molecule has 100 valence electrons. The van der Waals surface area contributed by atoms with Crippen molar-refractivity contribution in [3.05, 3.63) is 18.1 Å². The van der Waals surface area contributed by atoms with E-state index in [9.17, 15) is 0 Å². The van der Waals surface area contributed by atoms with E-state index in [-0.39, 0.29) is 0 Å². The van der Waals surface area contributed by atoms with E-state index in [0.29, 0.717) is 12.1 Å². The molecule has 0 aromatic carbocycles. The SMILES string of the molecule is CCc1cc(N(C)C2CCC(NC)CC2)ncn1. The summed E-state index contributed by atoms with van der Waals surface area (Å²) in [6.45, 7) is 2.13. The molecule has 1 aromatic rings. The van der Waals surface area contributed by atoms with Crippen LogP contribution in [-0.2, 0) is 6.42 Å². The number of nitrogens with zero attached hydrogens (tertiary/aromatic N) is 3. The van der Waals surface area contributed by atoms with Crippen LogP contribution in [0.4, 0.5) is 5.82 Å². The van der Waals surface area contributed by atoms with Crippen LogP contribution >= 0.6 is 0 Å². The third kappa shape index (κ3) is 2.99. The molecular formula is C14H24N4. The predicted octanol–water partition coefficient (Wildman–Crippen LogP) is 2.01. The highest BCUT2D eigenvalue weighted by Gasteiger charge is 2.23. The second-order valence-corrected chi connectivity index (χ2v) is 5.13. The maximum atomic E-state index is 4.40. The minimum atomic E-state index is 0.620. The number of rotatable bonds is 4. The molecule has 1 N–H and O–H groups in total. The standard InChI is InChI=1S/C14H24N4/c1-4-11-9-14(17-10-16-11)18(3)13-7-5-12(15-2)6-8-13/h9-10,12-13,15H,4-8H2,1-3H3. The summed E-state index contributed by atoms with van der Waals surface area (Å²) in [5, 5.41) is 3.38. The van der Waals surface area contributed by atoms with Gasteiger partial charge in [0.25, 0.3) is 0 Å². The molecule has 4 heteroatoms. The Hall–Kier alpha value is -1.16. The van der Waals surface area contributed by atoms with Gasteiger partial charge in [0.1, 0.15) is 12.1 Å². The molecule has 4 nitrogen and oxygen atoms in total. The fourth-order valence-corrected chi connectivity index (χ4v) is 2.71. The van der Waals surface area contributed by atoms with Gasteiger partial charge in [-0.25, -0.2) is 9.97 Å². The monoisotopic (exact) mass is 248 g/mol. The van der Waals surface area contributed by atoms with Gasteiger partial charge in [-0.3, -0.25) is 0 Å². The van der Waals surface area contributed by atoms with Gasteiger partial charge in [-0.05, 0) is 39.2 Å². The highest BCUT2D eigenvalue weighted by molar-refractivity contribution is 5.39. The van der Waals surface area contributed by atoms with Gasteiger partial charge in [0, 0.05) is 30.9 Å². The lowest BCUT2D eigenvalue weighted by atomic mass is 9.90. The highest BCUT2D eigenvalue weighted by Crippen LogP contribution is 2.25. The smallest absolute Gasteiger partial charge is 0.132 e. The summed E-state index contributed by atoms with van der Waals surface area (Å²) < 4.78 is 0. The van der Waals surface area contributed by atoms with E-state index in [2.05, 4.69) is 47.3 Å². The Labute approximate surface area is 110 Å². The number of nitrogens with one attached hydrogen (secondary N) is 1. The minimum Gasteiger partial charge on any atom is -0.357 e. The first-order chi connectivity index (χ1) is 8.74. The van der Waals surface area contributed by atoms with Crippen LogP contribution < -0.4 is 10.2 Å². The number of hydrogen-bond donors (Lipinski definition) is 1. The number of anilines is 1. The molecule has 1 fully saturated rings. The van der Waals surface area contributed by atoms with E-state index in [0.717, 1.165) is 17.9 Å². The molecule has 0 bridgehead atoms. The molecule has 1 saturated carbocycles. The first-order valence-corrected chi connectivity index (χ1v) is 6.95. The quantitative estimate of drug-likeness (QED) is 0.885. The van der Waals surface area contributed by atoms with Gasteiger partial charge in [-0.15, -0.1) is 0 Å². The van der Waals surface area contributed by atoms with Crippen LogP contribution in [-0.4, -0.2) is 36.1 Å². The zero-order valence-corrected chi connectivity index (χ0v) is 11.7. The van der Waals surface area contributed by atoms with Crippen molar-refractivity contribution in [3.8, 4) is 0 Å². The van der Waals surface area contributed by atoms with Crippen molar-refractivity contribution in [2.45, 2.75) is 51.1 Å². The van der Waals surface area contributed by atoms with E-state index >= 15 is 0 Å². The van der Waals surface area contributed by atoms with Gasteiger partial charge in [-0.2, -0.15) is 0 Å². The summed E-state index contributed by atoms with van der Waals surface area (Å²) in [5.74, 6) is 1.06. The topological polar surface area (TPSA) is 41.0 Å². The normalized spacial score (nSPS) is 23.9. The van der Waals surface area contributed by atoms with Gasteiger partial charge in [0.05, 0.1) is 0 Å². The van der Waals surface area contributed by atoms with Crippen molar-refractivity contribution in [3.63, 3.8) is 0 Å². The molecule has 0 spiro atoms. The zero-order chi connectivity index (χ0) is 13.0. The molecule has 0 saturated heterocycles. The Balaban J connectivity index is 2.00. The first-order valence-electron chi connectivity index (χ1n) is 6.95. The third-order valence-corrected chi connectivity index (χ3v) is 4.09. The van der Waals surface area contributed by atoms with Crippen molar-refractivity contribution < 1.29 is 0 Å². The number of hydrogen-bond acceptors (Lipinski definition) is 4. The van der Waals surface area contributed by atoms with Crippen LogP contribution in [0.5, 0.6) is 0 Å². The highest BCUT2D eigenvalue weighted by atomic mass is 15.2. The van der Waals surface area contributed by atoms with Crippen LogP contribution in [0.1, 0.15) is 38.3 Å². The van der Waals surface area contributed by atoms with Gasteiger partial charge < -0.3 is 10.2 Å². The molecule has 1 heterocycles. The van der Waals surface area contributed by atoms with Gasteiger partial charge in [0.2, 0.25) is 0 Å². The van der Waals surface area contributed by atoms with Gasteiger partial charge >= 0.3 is 0 Å². The van der Waals surface area contributed by atoms with E-state index in [1.165, 1.54) is 25.7 Å². The molecule has 0 aliphatic heterocycles. The summed E-state index contributed by atoms with van der Waals surface area (Å²) in [4.78, 5) is 11.0. The largest absolute Gasteiger partial charge is 0.357 e. The van der Waals surface area contributed by atoms with E-state index in [1.807, 2.05) is 0 Å². The summed E-state index contributed by atoms with van der Waals surface area (Å²) in [6, 6.07) is 3.44. The number of aromatic nitrogens is 2. The fourth-order valence-electron chi connectivity index (χ4n) is 2.71. The average molecular weight is 248 g/mol. The van der Waals surface area contributed by atoms with Crippen molar-refractivity contribution in [1.82, 2.24) is 15.3 Å². The molecule has 0 amide bonds. The summed E-state index contributed by atoms with van der Waals surface area (Å²) in [7, 11) is 4.22. The Bertz CT molecular complexity index is 372. The third-order valence-electron chi connectivity index (χ3n) is 4.09. The molecule has 1 aliphatic rings. The van der Waals surface area contributed by atoms with Crippen molar-refractivity contribution >= 4 is 5.82 Å². The molecule has 0 atom stereocenters. The Morgan fingerprint density at radius 3 is 2.61 bits per heavy atom. The van der Waals surface area contributed by atoms with Crippen LogP contribution in [0.25, 0.3) is 0 Å². The second kappa shape index (κ2) is 6.14. The maximum absolute atomic E-state index is 4.40. The average Bonchev–Trinajstić information content (AvgIpc) is 2.46. The first kappa shape index (κ1) is 13.3. The van der Waals surface area contributed by atoms with Crippen molar-refractivity contribution in [2.75, 3.05) is 19.0 Å². The Kier molecular flexibility index (Phi) is 4.53. The Morgan fingerprint density at radius 1 is 1.28 bits per heavy atom. The molecular weight excluding hydrogens is 224 g/mol. The molecule has 2 rings (SSSR count). The molecule has 18 heavy (non-hydrogen) atoms. The lowest BCUT2D eigenvalue weighted by Gasteiger charge is -2.35. The van der Waals surface area contributed by atoms with Crippen LogP contribution in [0.3, 0.4) is 0 Å². The molecule has 1 aromatic heterocycles. The lowest BCUT2D eigenvalue weighted by molar-refractivity contribution is 0.350. The summed E-state index contributed by atoms with van der Waals surface area (Å²) in [5.41, 5.74) is 1.12. The summed E-state index contributed by atoms with van der Waals surface area (Å²) in [6.07, 6.45) is 7.66. The maximum Gasteiger partial charge on any atom is 0.132 e. The predicted molar refractivity (Wildman–Crippen MR) is 74.9 cm³/mol. The second-order valence-electron chi connectivity index (χ2n) is 5.13. The van der Waals surface area contributed by atoms with Gasteiger partial charge in [0.15, 0.2) is 0 Å². The molecule has 0 unspecified atom stereocenters. The molecule has 0 radical (unpaired) electrons. The van der Waals surface area contributed by atoms with Crippen molar-refractivity contribution in [2.24, 2.45) is 0 Å². The van der Waals surface area contributed by atoms with Crippen molar-refractivity contribution in [1.29, 1.82) is 0 Å². The Morgan fingerprint density at radius 2 is 2.00 bits per heavy atom. The fraction of sp³-hybridized carbons (Fsp3) is 0.714. The van der Waals surface area contributed by atoms with E-state index in [1.54, 1.807) is 6.33 Å². The summed E-state index contributed by atoms with van der Waals surface area (Å²) >= 11 is 0. The minimum absolute atomic E-state index is 0.620. The van der Waals surface area contributed by atoms with Gasteiger partial charge in [-0.1, -0.05) is 6.92 Å². The zero-order valence-electron chi connectivity index (χ0n) is 11.7. The lowest BCUT2D eigenvalue weighted by Crippen LogP contribution is -2.40.